The summed E-state index contributed by atoms with van der Waals surface area (Å²) < 4.78 is 35.7. The van der Waals surface area contributed by atoms with Gasteiger partial charge in [0.25, 0.3) is 0 Å². The highest BCUT2D eigenvalue weighted by atomic mass is 16.6. The molecule has 68 heavy (non-hydrogen) atoms. The monoisotopic (exact) mass is 959 g/mol. The minimum absolute atomic E-state index is 0.187. The van der Waals surface area contributed by atoms with E-state index in [4.69, 9.17) is 28.4 Å². The van der Waals surface area contributed by atoms with Gasteiger partial charge < -0.3 is 28.4 Å². The number of carbonyl (C=O) groups is 2. The van der Waals surface area contributed by atoms with Gasteiger partial charge in [-0.3, -0.25) is 19.4 Å². The number of morpholine rings is 2. The van der Waals surface area contributed by atoms with Crippen molar-refractivity contribution < 1.29 is 38.0 Å². The fourth-order valence-corrected chi connectivity index (χ4v) is 8.79. The topological polar surface area (TPSA) is 96.0 Å². The molecule has 2 fully saturated rings. The summed E-state index contributed by atoms with van der Waals surface area (Å²) in [5.74, 6) is -0.538. The van der Waals surface area contributed by atoms with Crippen molar-refractivity contribution in [3.8, 4) is 0 Å². The number of hydrogen-bond donors (Lipinski definition) is 0. The molecule has 0 N–H and O–H groups in total. The van der Waals surface area contributed by atoms with Crippen molar-refractivity contribution in [1.29, 1.82) is 0 Å². The first-order chi connectivity index (χ1) is 33.6. The maximum atomic E-state index is 13.4. The normalized spacial score (nSPS) is 16.1. The quantitative estimate of drug-likeness (QED) is 0.0333. The number of rotatable bonds is 48. The lowest BCUT2D eigenvalue weighted by molar-refractivity contribution is -0.178. The molecule has 10 heteroatoms. The van der Waals surface area contributed by atoms with E-state index < -0.39 is 12.2 Å². The van der Waals surface area contributed by atoms with Crippen LogP contribution in [-0.2, 0) is 38.0 Å². The van der Waals surface area contributed by atoms with Crippen LogP contribution in [0.4, 0.5) is 0 Å². The molecule has 2 aliphatic rings. The summed E-state index contributed by atoms with van der Waals surface area (Å²) in [5.41, 5.74) is 0. The minimum Gasteiger partial charge on any atom is -0.456 e. The van der Waals surface area contributed by atoms with Gasteiger partial charge in [0.15, 0.2) is 12.2 Å². The Balaban J connectivity index is 1.82. The summed E-state index contributed by atoms with van der Waals surface area (Å²) in [6.07, 6.45) is 48.5. The molecule has 2 atom stereocenters. The van der Waals surface area contributed by atoms with Gasteiger partial charge in [-0.15, -0.1) is 0 Å². The van der Waals surface area contributed by atoms with Crippen molar-refractivity contribution in [2.75, 3.05) is 92.1 Å². The van der Waals surface area contributed by atoms with Crippen LogP contribution in [0.1, 0.15) is 219 Å². The Morgan fingerprint density at radius 1 is 0.426 bits per heavy atom. The predicted octanol–water partition coefficient (Wildman–Crippen LogP) is 13.7. The largest absolute Gasteiger partial charge is 0.456 e. The second kappa shape index (κ2) is 48.5. The van der Waals surface area contributed by atoms with Gasteiger partial charge in [0.1, 0.15) is 0 Å². The van der Waals surface area contributed by atoms with E-state index in [-0.39, 0.29) is 25.2 Å². The molecule has 0 aliphatic carbocycles. The first kappa shape index (κ1) is 62.0. The Morgan fingerprint density at radius 3 is 1.18 bits per heavy atom. The summed E-state index contributed by atoms with van der Waals surface area (Å²) in [4.78, 5) is 31.5. The predicted molar refractivity (Wildman–Crippen MR) is 282 cm³/mol. The maximum absolute atomic E-state index is 13.4. The van der Waals surface area contributed by atoms with E-state index in [1.165, 1.54) is 128 Å². The van der Waals surface area contributed by atoms with Gasteiger partial charge >= 0.3 is 11.9 Å². The number of esters is 2. The van der Waals surface area contributed by atoms with E-state index in [9.17, 15) is 9.59 Å². The summed E-state index contributed by atoms with van der Waals surface area (Å²) in [7, 11) is 0. The molecule has 0 bridgehead atoms. The van der Waals surface area contributed by atoms with Gasteiger partial charge in [-0.05, 0) is 109 Å². The number of ether oxygens (including phenoxy) is 6. The maximum Gasteiger partial charge on any atom is 0.306 e. The van der Waals surface area contributed by atoms with Crippen LogP contribution in [0.15, 0.2) is 36.5 Å². The molecule has 2 aliphatic heterocycles. The van der Waals surface area contributed by atoms with Gasteiger partial charge in [0.05, 0.1) is 39.6 Å². The molecule has 2 rings (SSSR count). The molecular weight excluding hydrogens is 853 g/mol. The van der Waals surface area contributed by atoms with Crippen LogP contribution in [-0.4, -0.2) is 126 Å². The highest BCUT2D eigenvalue weighted by Crippen LogP contribution is 2.16. The summed E-state index contributed by atoms with van der Waals surface area (Å²) in [6, 6.07) is 0. The lowest BCUT2D eigenvalue weighted by atomic mass is 10.1. The average Bonchev–Trinajstić information content (AvgIpc) is 3.35. The standard InChI is InChI=1S/C58H106N2O8/c1-3-5-7-9-11-13-15-17-19-21-23-25-27-29-31-37-47-65-53-55(67-57(61)39-33-35-41-59-43-49-63-50-44-59)56(68-58(62)40-34-36-42-60-45-51-64-52-46-60)54-66-48-38-32-30-28-26-24-22-20-18-16-14-12-10-8-6-4-2/h11,13,17-20,55-56H,3-10,12,14-16,21-54H2,1-2H3/b13-11-,19-17-,20-18-. The Labute approximate surface area is 418 Å². The number of carbonyl (C=O) groups excluding carboxylic acids is 2. The Kier molecular flexibility index (Phi) is 44.3. The first-order valence-electron chi connectivity index (χ1n) is 28.7. The van der Waals surface area contributed by atoms with Crippen molar-refractivity contribution in [2.45, 2.75) is 232 Å². The number of hydrogen-bond acceptors (Lipinski definition) is 10. The van der Waals surface area contributed by atoms with Crippen molar-refractivity contribution in [2.24, 2.45) is 0 Å². The molecule has 396 valence electrons. The van der Waals surface area contributed by atoms with Crippen LogP contribution in [0, 0.1) is 0 Å². The third kappa shape index (κ3) is 39.6. The van der Waals surface area contributed by atoms with Gasteiger partial charge in [-0.25, -0.2) is 0 Å². The van der Waals surface area contributed by atoms with Gasteiger partial charge in [0.2, 0.25) is 0 Å². The van der Waals surface area contributed by atoms with Gasteiger partial charge in [-0.1, -0.05) is 147 Å². The van der Waals surface area contributed by atoms with Gasteiger partial charge in [-0.2, -0.15) is 0 Å². The zero-order chi connectivity index (χ0) is 48.5. The summed E-state index contributed by atoms with van der Waals surface area (Å²) >= 11 is 0. The highest BCUT2D eigenvalue weighted by Gasteiger charge is 2.30. The zero-order valence-corrected chi connectivity index (χ0v) is 44.3. The van der Waals surface area contributed by atoms with Crippen LogP contribution in [0.25, 0.3) is 0 Å². The average molecular weight is 959 g/mol. The number of nitrogens with zero attached hydrogens (tertiary/aromatic N) is 2. The Hall–Kier alpha value is -2.08. The van der Waals surface area contributed by atoms with Crippen LogP contribution < -0.4 is 0 Å². The smallest absolute Gasteiger partial charge is 0.306 e. The van der Waals surface area contributed by atoms with Crippen molar-refractivity contribution in [3.63, 3.8) is 0 Å². The zero-order valence-electron chi connectivity index (χ0n) is 44.3. The first-order valence-corrected chi connectivity index (χ1v) is 28.7. The van der Waals surface area contributed by atoms with Gasteiger partial charge in [0, 0.05) is 52.2 Å². The van der Waals surface area contributed by atoms with Crippen LogP contribution >= 0.6 is 0 Å². The molecule has 0 saturated carbocycles. The molecule has 2 unspecified atom stereocenters. The molecule has 10 nitrogen and oxygen atoms in total. The second-order valence-electron chi connectivity index (χ2n) is 19.6. The molecule has 0 radical (unpaired) electrons. The highest BCUT2D eigenvalue weighted by molar-refractivity contribution is 5.70. The molecular formula is C58H106N2O8. The lowest BCUT2D eigenvalue weighted by Crippen LogP contribution is -2.42. The van der Waals surface area contributed by atoms with Crippen molar-refractivity contribution >= 4 is 11.9 Å². The summed E-state index contributed by atoms with van der Waals surface area (Å²) in [6.45, 7) is 14.8. The third-order valence-corrected chi connectivity index (χ3v) is 13.3. The van der Waals surface area contributed by atoms with Crippen LogP contribution in [0.5, 0.6) is 0 Å². The molecule has 2 heterocycles. The fraction of sp³-hybridized carbons (Fsp3) is 0.862. The van der Waals surface area contributed by atoms with E-state index in [2.05, 4.69) is 60.1 Å². The van der Waals surface area contributed by atoms with E-state index in [1.54, 1.807) is 0 Å². The SMILES string of the molecule is CCCCC/C=C\C/C=C\CCCCCCCCOCC(OC(=O)CCCCN1CCOCC1)C(COCCCCCCCC/C=C\CCCCCCCC)OC(=O)CCCCN1CCOCC1. The molecule has 0 aromatic carbocycles. The number of allylic oxidation sites excluding steroid dienone is 6. The van der Waals surface area contributed by atoms with E-state index in [0.29, 0.717) is 26.1 Å². The van der Waals surface area contributed by atoms with Crippen LogP contribution in [0.2, 0.25) is 0 Å². The van der Waals surface area contributed by atoms with E-state index >= 15 is 0 Å². The lowest BCUT2D eigenvalue weighted by Gasteiger charge is -2.28. The van der Waals surface area contributed by atoms with Crippen molar-refractivity contribution in [3.05, 3.63) is 36.5 Å². The molecule has 0 spiro atoms. The molecule has 2 saturated heterocycles. The Morgan fingerprint density at radius 2 is 0.765 bits per heavy atom. The van der Waals surface area contributed by atoms with E-state index in [0.717, 1.165) is 130 Å². The van der Waals surface area contributed by atoms with Crippen LogP contribution in [0.3, 0.4) is 0 Å². The fourth-order valence-electron chi connectivity index (χ4n) is 8.79. The second-order valence-corrected chi connectivity index (χ2v) is 19.6. The van der Waals surface area contributed by atoms with E-state index in [1.807, 2.05) is 0 Å². The number of unbranched alkanes of at least 4 members (excludes halogenated alkanes) is 23. The molecule has 0 amide bonds. The molecule has 0 aromatic rings. The summed E-state index contributed by atoms with van der Waals surface area (Å²) in [5, 5.41) is 0. The molecule has 0 aromatic heterocycles. The third-order valence-electron chi connectivity index (χ3n) is 13.3. The minimum atomic E-state index is -0.719. The van der Waals surface area contributed by atoms with Crippen molar-refractivity contribution in [1.82, 2.24) is 9.80 Å². The Bertz CT molecular complexity index is 1200.